The van der Waals surface area contributed by atoms with Gasteiger partial charge in [0.2, 0.25) is 5.91 Å². The van der Waals surface area contributed by atoms with E-state index in [2.05, 4.69) is 4.74 Å². The summed E-state index contributed by atoms with van der Waals surface area (Å²) in [6, 6.07) is 6.70. The lowest BCUT2D eigenvalue weighted by Gasteiger charge is -2.35. The van der Waals surface area contributed by atoms with E-state index in [1.54, 1.807) is 31.4 Å². The van der Waals surface area contributed by atoms with Crippen LogP contribution >= 0.6 is 0 Å². The Hall–Kier alpha value is -2.12. The van der Waals surface area contributed by atoms with Crippen LogP contribution in [0.15, 0.2) is 24.3 Å². The molecular formula is C20H27NO6. The average Bonchev–Trinajstić information content (AvgIpc) is 3.09. The first-order valence-corrected chi connectivity index (χ1v) is 9.31. The summed E-state index contributed by atoms with van der Waals surface area (Å²) in [5.74, 6) is 0.964. The van der Waals surface area contributed by atoms with Crippen LogP contribution in [0.3, 0.4) is 0 Å². The van der Waals surface area contributed by atoms with Gasteiger partial charge in [0, 0.05) is 20.2 Å². The number of rotatable bonds is 6. The molecule has 2 fully saturated rings. The summed E-state index contributed by atoms with van der Waals surface area (Å²) >= 11 is 0. The number of likely N-dealkylation sites (tertiary alicyclic amines) is 1. The summed E-state index contributed by atoms with van der Waals surface area (Å²) < 4.78 is 15.6. The molecule has 1 aromatic rings. The molecule has 0 spiro atoms. The van der Waals surface area contributed by atoms with E-state index >= 15 is 0 Å². The van der Waals surface area contributed by atoms with Crippen molar-refractivity contribution in [1.82, 2.24) is 4.90 Å². The molecule has 1 aliphatic heterocycles. The lowest BCUT2D eigenvalue weighted by molar-refractivity contribution is -0.131. The van der Waals surface area contributed by atoms with Crippen molar-refractivity contribution in [1.29, 1.82) is 0 Å². The third-order valence-corrected chi connectivity index (χ3v) is 5.52. The van der Waals surface area contributed by atoms with E-state index in [4.69, 9.17) is 9.47 Å². The van der Waals surface area contributed by atoms with Crippen LogP contribution in [-0.4, -0.2) is 68.0 Å². The van der Waals surface area contributed by atoms with E-state index in [0.717, 1.165) is 0 Å². The first-order valence-electron chi connectivity index (χ1n) is 9.31. The van der Waals surface area contributed by atoms with E-state index in [9.17, 15) is 14.7 Å². The van der Waals surface area contributed by atoms with E-state index < -0.39 is 12.1 Å². The summed E-state index contributed by atoms with van der Waals surface area (Å²) in [6.07, 6.45) is 0.845. The van der Waals surface area contributed by atoms with E-state index in [-0.39, 0.29) is 12.0 Å². The van der Waals surface area contributed by atoms with Gasteiger partial charge in [0.05, 0.1) is 31.8 Å². The van der Waals surface area contributed by atoms with Gasteiger partial charge in [0.15, 0.2) is 0 Å². The molecule has 1 aliphatic carbocycles. The van der Waals surface area contributed by atoms with Crippen molar-refractivity contribution >= 4 is 11.9 Å². The van der Waals surface area contributed by atoms with Gasteiger partial charge in [-0.25, -0.2) is 4.79 Å². The average molecular weight is 377 g/mol. The number of hydrogen-bond acceptors (Lipinski definition) is 6. The van der Waals surface area contributed by atoms with Crippen LogP contribution in [0.25, 0.3) is 0 Å². The fourth-order valence-corrected chi connectivity index (χ4v) is 4.03. The zero-order valence-electron chi connectivity index (χ0n) is 15.8. The maximum atomic E-state index is 12.2. The number of hydrogen-bond donors (Lipinski definition) is 1. The summed E-state index contributed by atoms with van der Waals surface area (Å²) in [5.41, 5.74) is 0.454. The van der Waals surface area contributed by atoms with Gasteiger partial charge in [-0.1, -0.05) is 0 Å². The van der Waals surface area contributed by atoms with Crippen molar-refractivity contribution in [2.45, 2.75) is 31.5 Å². The summed E-state index contributed by atoms with van der Waals surface area (Å²) in [6.45, 7) is 1.84. The van der Waals surface area contributed by atoms with E-state index in [1.165, 1.54) is 7.11 Å². The van der Waals surface area contributed by atoms with Crippen LogP contribution in [0.1, 0.15) is 29.6 Å². The van der Waals surface area contributed by atoms with E-state index in [0.29, 0.717) is 62.1 Å². The highest BCUT2D eigenvalue weighted by molar-refractivity contribution is 5.89. The highest BCUT2D eigenvalue weighted by atomic mass is 16.5. The van der Waals surface area contributed by atoms with Crippen LogP contribution in [0.2, 0.25) is 0 Å². The molecule has 4 atom stereocenters. The molecule has 0 unspecified atom stereocenters. The highest BCUT2D eigenvalue weighted by Gasteiger charge is 2.43. The molecule has 7 heteroatoms. The molecular weight excluding hydrogens is 350 g/mol. The second kappa shape index (κ2) is 8.71. The monoisotopic (exact) mass is 377 g/mol. The standard InChI is InChI=1S/C20H27NO6/c1-25-8-7-19(23)21-11-14-9-17(22)18(10-15(14)12-21)27-16-5-3-13(4-6-16)20(24)26-2/h3-6,14-15,17-18,22H,7-12H2,1-2H3/t14-,15+,17+,18+/m0/s1. The molecule has 2 aliphatic rings. The number of esters is 1. The molecule has 0 aromatic heterocycles. The third-order valence-electron chi connectivity index (χ3n) is 5.52. The molecule has 1 amide bonds. The molecule has 1 aromatic carbocycles. The minimum Gasteiger partial charge on any atom is -0.488 e. The maximum Gasteiger partial charge on any atom is 0.337 e. The second-order valence-electron chi connectivity index (χ2n) is 7.27. The van der Waals surface area contributed by atoms with Gasteiger partial charge in [0.25, 0.3) is 0 Å². The lowest BCUT2D eigenvalue weighted by Crippen LogP contribution is -2.42. The highest BCUT2D eigenvalue weighted by Crippen LogP contribution is 2.38. The molecule has 1 saturated heterocycles. The predicted molar refractivity (Wildman–Crippen MR) is 97.5 cm³/mol. The molecule has 0 radical (unpaired) electrons. The van der Waals surface area contributed by atoms with Crippen LogP contribution < -0.4 is 4.74 Å². The summed E-state index contributed by atoms with van der Waals surface area (Å²) in [7, 11) is 2.93. The fourth-order valence-electron chi connectivity index (χ4n) is 4.03. The Balaban J connectivity index is 1.58. The number of benzene rings is 1. The minimum absolute atomic E-state index is 0.108. The number of carbonyl (C=O) groups excluding carboxylic acids is 2. The van der Waals surface area contributed by atoms with Gasteiger partial charge in [0.1, 0.15) is 11.9 Å². The normalized spacial score (nSPS) is 27.1. The Morgan fingerprint density at radius 3 is 2.41 bits per heavy atom. The van der Waals surface area contributed by atoms with Crippen LogP contribution in [0, 0.1) is 11.8 Å². The predicted octanol–water partition coefficient (Wildman–Crippen LogP) is 1.49. The van der Waals surface area contributed by atoms with Crippen molar-refractivity contribution in [3.05, 3.63) is 29.8 Å². The van der Waals surface area contributed by atoms with Gasteiger partial charge in [-0.05, 0) is 48.9 Å². The fraction of sp³-hybridized carbons (Fsp3) is 0.600. The van der Waals surface area contributed by atoms with Crippen LogP contribution in [0.5, 0.6) is 5.75 Å². The number of aliphatic hydroxyl groups is 1. The molecule has 7 nitrogen and oxygen atoms in total. The quantitative estimate of drug-likeness (QED) is 0.756. The van der Waals surface area contributed by atoms with Crippen molar-refractivity contribution in [3.8, 4) is 5.75 Å². The van der Waals surface area contributed by atoms with Gasteiger partial charge in [-0.2, -0.15) is 0 Å². The largest absolute Gasteiger partial charge is 0.488 e. The lowest BCUT2D eigenvalue weighted by atomic mass is 9.78. The number of methoxy groups -OCH3 is 2. The second-order valence-corrected chi connectivity index (χ2v) is 7.27. The first-order chi connectivity index (χ1) is 13.0. The Labute approximate surface area is 159 Å². The number of nitrogens with zero attached hydrogens (tertiary/aromatic N) is 1. The van der Waals surface area contributed by atoms with E-state index in [1.807, 2.05) is 4.90 Å². The number of carbonyl (C=O) groups is 2. The molecule has 1 saturated carbocycles. The maximum absolute atomic E-state index is 12.2. The Bertz CT molecular complexity index is 661. The number of fused-ring (bicyclic) bond motifs is 1. The zero-order chi connectivity index (χ0) is 19.4. The van der Waals surface area contributed by atoms with Gasteiger partial charge >= 0.3 is 5.97 Å². The third kappa shape index (κ3) is 4.59. The molecule has 27 heavy (non-hydrogen) atoms. The minimum atomic E-state index is -0.569. The molecule has 1 heterocycles. The topological polar surface area (TPSA) is 85.3 Å². The van der Waals surface area contributed by atoms with Crippen molar-refractivity contribution in [3.63, 3.8) is 0 Å². The number of ether oxygens (including phenoxy) is 3. The van der Waals surface area contributed by atoms with Crippen molar-refractivity contribution in [2.24, 2.45) is 11.8 Å². The first kappa shape index (κ1) is 19.6. The molecule has 0 bridgehead atoms. The van der Waals surface area contributed by atoms with Crippen LogP contribution in [-0.2, 0) is 14.3 Å². The van der Waals surface area contributed by atoms with Gasteiger partial charge in [-0.3, -0.25) is 4.79 Å². The Morgan fingerprint density at radius 1 is 1.11 bits per heavy atom. The molecule has 3 rings (SSSR count). The van der Waals surface area contributed by atoms with Gasteiger partial charge < -0.3 is 24.2 Å². The SMILES string of the molecule is COCCC(=O)N1C[C@H]2C[C@@H](Oc3ccc(C(=O)OC)cc3)[C@H](O)C[C@H]2C1. The zero-order valence-corrected chi connectivity index (χ0v) is 15.8. The van der Waals surface area contributed by atoms with Crippen LogP contribution in [0.4, 0.5) is 0 Å². The molecule has 148 valence electrons. The Morgan fingerprint density at radius 2 is 1.78 bits per heavy atom. The number of amides is 1. The summed E-state index contributed by atoms with van der Waals surface area (Å²) in [5, 5.41) is 10.5. The molecule has 1 N–H and O–H groups in total. The Kier molecular flexibility index (Phi) is 6.34. The van der Waals surface area contributed by atoms with Gasteiger partial charge in [-0.15, -0.1) is 0 Å². The van der Waals surface area contributed by atoms with Crippen molar-refractivity contribution in [2.75, 3.05) is 33.9 Å². The number of aliphatic hydroxyl groups excluding tert-OH is 1. The van der Waals surface area contributed by atoms with Crippen molar-refractivity contribution < 1.29 is 28.9 Å². The summed E-state index contributed by atoms with van der Waals surface area (Å²) in [4.78, 5) is 25.6. The smallest absolute Gasteiger partial charge is 0.337 e.